The Kier molecular flexibility index (Phi) is 5.65. The van der Waals surface area contributed by atoms with Gasteiger partial charge in [-0.3, -0.25) is 4.79 Å². The predicted octanol–water partition coefficient (Wildman–Crippen LogP) is 2.54. The summed E-state index contributed by atoms with van der Waals surface area (Å²) in [5.74, 6) is -1.30. The molecule has 0 radical (unpaired) electrons. The summed E-state index contributed by atoms with van der Waals surface area (Å²) in [5, 5.41) is 2.43. The van der Waals surface area contributed by atoms with Crippen LogP contribution in [0.2, 0.25) is 0 Å². The van der Waals surface area contributed by atoms with Gasteiger partial charge in [0.25, 0.3) is 5.91 Å². The topological polar surface area (TPSA) is 84.5 Å². The zero-order chi connectivity index (χ0) is 18.6. The van der Waals surface area contributed by atoms with Crippen molar-refractivity contribution in [1.29, 1.82) is 0 Å². The van der Waals surface area contributed by atoms with Crippen LogP contribution in [0.1, 0.15) is 23.2 Å². The third-order valence-electron chi connectivity index (χ3n) is 4.06. The van der Waals surface area contributed by atoms with E-state index in [9.17, 15) is 17.6 Å². The van der Waals surface area contributed by atoms with Gasteiger partial charge in [0.2, 0.25) is 10.0 Å². The maximum atomic E-state index is 14.3. The molecular weight excluding hydrogens is 359 g/mol. The van der Waals surface area contributed by atoms with E-state index >= 15 is 0 Å². The third kappa shape index (κ3) is 4.46. The molecule has 1 atom stereocenters. The highest BCUT2D eigenvalue weighted by atomic mass is 32.2. The lowest BCUT2D eigenvalue weighted by molar-refractivity contribution is 0.102. The van der Waals surface area contributed by atoms with E-state index in [-0.39, 0.29) is 23.2 Å². The Labute approximate surface area is 151 Å². The minimum absolute atomic E-state index is 0.0862. The summed E-state index contributed by atoms with van der Waals surface area (Å²) in [5.41, 5.74) is 0.291. The van der Waals surface area contributed by atoms with Crippen molar-refractivity contribution in [1.82, 2.24) is 4.72 Å². The molecule has 0 aromatic heterocycles. The SMILES string of the molecule is O=C(Nc1ccc(S(=O)(=O)NCC2CCCO2)cc1F)c1ccccc1. The van der Waals surface area contributed by atoms with Crippen molar-refractivity contribution < 1.29 is 22.3 Å². The normalized spacial score (nSPS) is 17.2. The molecule has 0 spiro atoms. The maximum absolute atomic E-state index is 14.3. The largest absolute Gasteiger partial charge is 0.377 e. The third-order valence-corrected chi connectivity index (χ3v) is 5.48. The molecule has 0 aliphatic carbocycles. The fourth-order valence-electron chi connectivity index (χ4n) is 2.64. The first-order valence-corrected chi connectivity index (χ1v) is 9.71. The fourth-order valence-corrected chi connectivity index (χ4v) is 3.72. The molecule has 1 unspecified atom stereocenters. The number of benzene rings is 2. The lowest BCUT2D eigenvalue weighted by Gasteiger charge is -2.12. The van der Waals surface area contributed by atoms with Gasteiger partial charge < -0.3 is 10.1 Å². The van der Waals surface area contributed by atoms with Crippen molar-refractivity contribution >= 4 is 21.6 Å². The van der Waals surface area contributed by atoms with Gasteiger partial charge >= 0.3 is 0 Å². The van der Waals surface area contributed by atoms with Crippen molar-refractivity contribution in [3.05, 3.63) is 59.9 Å². The summed E-state index contributed by atoms with van der Waals surface area (Å²) in [7, 11) is -3.85. The Balaban J connectivity index is 1.69. The number of ether oxygens (including phenoxy) is 1. The van der Waals surface area contributed by atoms with Gasteiger partial charge in [-0.2, -0.15) is 0 Å². The van der Waals surface area contributed by atoms with Crippen LogP contribution in [-0.4, -0.2) is 33.6 Å². The van der Waals surface area contributed by atoms with Crippen LogP contribution in [0.4, 0.5) is 10.1 Å². The van der Waals surface area contributed by atoms with Gasteiger partial charge in [-0.1, -0.05) is 18.2 Å². The maximum Gasteiger partial charge on any atom is 0.255 e. The van der Waals surface area contributed by atoms with Gasteiger partial charge in [0.1, 0.15) is 5.82 Å². The second-order valence-electron chi connectivity index (χ2n) is 5.95. The smallest absolute Gasteiger partial charge is 0.255 e. The quantitative estimate of drug-likeness (QED) is 0.809. The molecule has 6 nitrogen and oxygen atoms in total. The highest BCUT2D eigenvalue weighted by molar-refractivity contribution is 7.89. The highest BCUT2D eigenvalue weighted by Crippen LogP contribution is 2.20. The van der Waals surface area contributed by atoms with Gasteiger partial charge in [-0.15, -0.1) is 0 Å². The van der Waals surface area contributed by atoms with Crippen LogP contribution < -0.4 is 10.0 Å². The number of sulfonamides is 1. The molecule has 3 rings (SSSR count). The number of amides is 1. The summed E-state index contributed by atoms with van der Waals surface area (Å²) in [6.45, 7) is 0.771. The number of hydrogen-bond donors (Lipinski definition) is 2. The summed E-state index contributed by atoms with van der Waals surface area (Å²) in [6, 6.07) is 11.7. The first-order chi connectivity index (χ1) is 12.5. The average Bonchev–Trinajstić information content (AvgIpc) is 3.16. The van der Waals surface area contributed by atoms with E-state index in [1.165, 1.54) is 12.1 Å². The number of anilines is 1. The number of nitrogens with one attached hydrogen (secondary N) is 2. The lowest BCUT2D eigenvalue weighted by Crippen LogP contribution is -2.31. The van der Waals surface area contributed by atoms with Crippen molar-refractivity contribution in [3.63, 3.8) is 0 Å². The van der Waals surface area contributed by atoms with Gasteiger partial charge in [0, 0.05) is 18.7 Å². The molecule has 2 N–H and O–H groups in total. The van der Waals surface area contributed by atoms with E-state index in [4.69, 9.17) is 4.74 Å². The van der Waals surface area contributed by atoms with Crippen LogP contribution in [0.25, 0.3) is 0 Å². The molecular formula is C18H19FN2O4S. The van der Waals surface area contributed by atoms with Gasteiger partial charge in [0.05, 0.1) is 16.7 Å². The van der Waals surface area contributed by atoms with Crippen LogP contribution in [-0.2, 0) is 14.8 Å². The van der Waals surface area contributed by atoms with E-state index in [1.54, 1.807) is 30.3 Å². The molecule has 2 aromatic carbocycles. The Morgan fingerprint density at radius 1 is 1.19 bits per heavy atom. The summed E-state index contributed by atoms with van der Waals surface area (Å²) >= 11 is 0. The first-order valence-electron chi connectivity index (χ1n) is 8.23. The lowest BCUT2D eigenvalue weighted by atomic mass is 10.2. The minimum Gasteiger partial charge on any atom is -0.377 e. The number of rotatable bonds is 6. The molecule has 1 aliphatic rings. The van der Waals surface area contributed by atoms with Crippen molar-refractivity contribution in [2.75, 3.05) is 18.5 Å². The highest BCUT2D eigenvalue weighted by Gasteiger charge is 2.21. The molecule has 1 heterocycles. The van der Waals surface area contributed by atoms with Crippen molar-refractivity contribution in [3.8, 4) is 0 Å². The van der Waals surface area contributed by atoms with Gasteiger partial charge in [-0.05, 0) is 43.2 Å². The number of carbonyl (C=O) groups is 1. The number of hydrogen-bond acceptors (Lipinski definition) is 4. The standard InChI is InChI=1S/C18H19FN2O4S/c19-16-11-15(26(23,24)20-12-14-7-4-10-25-14)8-9-17(16)21-18(22)13-5-2-1-3-6-13/h1-3,5-6,8-9,11,14,20H,4,7,10,12H2,(H,21,22). The summed E-state index contributed by atoms with van der Waals surface area (Å²) in [4.78, 5) is 11.9. The van der Waals surface area contributed by atoms with Crippen LogP contribution in [0.15, 0.2) is 53.4 Å². The molecule has 1 amide bonds. The molecule has 0 saturated carbocycles. The molecule has 1 saturated heterocycles. The summed E-state index contributed by atoms with van der Waals surface area (Å²) < 4.78 is 46.6. The monoisotopic (exact) mass is 378 g/mol. The van der Waals surface area contributed by atoms with Gasteiger partial charge in [-0.25, -0.2) is 17.5 Å². The zero-order valence-corrected chi connectivity index (χ0v) is 14.8. The van der Waals surface area contributed by atoms with Crippen molar-refractivity contribution in [2.45, 2.75) is 23.8 Å². The number of halogens is 1. The minimum atomic E-state index is -3.85. The zero-order valence-electron chi connectivity index (χ0n) is 13.9. The van der Waals surface area contributed by atoms with Crippen LogP contribution in [0.3, 0.4) is 0 Å². The molecule has 8 heteroatoms. The molecule has 1 fully saturated rings. The molecule has 138 valence electrons. The van der Waals surface area contributed by atoms with Crippen LogP contribution in [0.5, 0.6) is 0 Å². The molecule has 0 bridgehead atoms. The Bertz CT molecular complexity index is 881. The first kappa shape index (κ1) is 18.5. The Hall–Kier alpha value is -2.29. The number of carbonyl (C=O) groups excluding carboxylic acids is 1. The predicted molar refractivity (Wildman–Crippen MR) is 95.0 cm³/mol. The Morgan fingerprint density at radius 2 is 1.96 bits per heavy atom. The molecule has 1 aliphatic heterocycles. The second kappa shape index (κ2) is 7.94. The summed E-state index contributed by atoms with van der Waals surface area (Å²) in [6.07, 6.45) is 1.54. The van der Waals surface area contributed by atoms with E-state index < -0.39 is 21.7 Å². The molecule has 26 heavy (non-hydrogen) atoms. The Morgan fingerprint density at radius 3 is 2.62 bits per heavy atom. The van der Waals surface area contributed by atoms with E-state index in [1.807, 2.05) is 0 Å². The fraction of sp³-hybridized carbons (Fsp3) is 0.278. The van der Waals surface area contributed by atoms with Crippen LogP contribution >= 0.6 is 0 Å². The molecule has 2 aromatic rings. The average molecular weight is 378 g/mol. The second-order valence-corrected chi connectivity index (χ2v) is 7.72. The van der Waals surface area contributed by atoms with E-state index in [2.05, 4.69) is 10.0 Å². The van der Waals surface area contributed by atoms with Crippen LogP contribution in [0, 0.1) is 5.82 Å². The van der Waals surface area contributed by atoms with Crippen molar-refractivity contribution in [2.24, 2.45) is 0 Å². The van der Waals surface area contributed by atoms with E-state index in [0.717, 1.165) is 18.9 Å². The van der Waals surface area contributed by atoms with E-state index in [0.29, 0.717) is 12.2 Å². The van der Waals surface area contributed by atoms with Gasteiger partial charge in [0.15, 0.2) is 0 Å².